The normalized spacial score (nSPS) is 8.82. The molecule has 1 aromatic heterocycles. The lowest BCUT2D eigenvalue weighted by molar-refractivity contribution is 1.05. The average molecular weight is 145 g/mol. The topological polar surface area (TPSA) is 12.9 Å². The Morgan fingerprint density at radius 3 is 3.00 bits per heavy atom. The van der Waals surface area contributed by atoms with Gasteiger partial charge < -0.3 is 0 Å². The summed E-state index contributed by atoms with van der Waals surface area (Å²) < 4.78 is 0. The molecular formula is C10H11N. The first-order valence-electron chi connectivity index (χ1n) is 3.58. The highest BCUT2D eigenvalue weighted by Crippen LogP contribution is 2.01. The third-order valence-electron chi connectivity index (χ3n) is 1.47. The van der Waals surface area contributed by atoms with E-state index in [-0.39, 0.29) is 0 Å². The van der Waals surface area contributed by atoms with Crippen LogP contribution in [-0.4, -0.2) is 4.98 Å². The molecule has 56 valence electrons. The lowest BCUT2D eigenvalue weighted by atomic mass is 10.2. The molecule has 0 fully saturated rings. The monoisotopic (exact) mass is 145 g/mol. The fourth-order valence-electron chi connectivity index (χ4n) is 0.837. The van der Waals surface area contributed by atoms with Gasteiger partial charge in [0.1, 0.15) is 0 Å². The maximum absolute atomic E-state index is 4.18. The molecule has 0 saturated carbocycles. The standard InChI is InChI=1S/C10H11N/c1-3-9(2)8-10-6-4-5-7-11-10/h4-7H,1,8H2,2H3. The van der Waals surface area contributed by atoms with E-state index < -0.39 is 0 Å². The highest BCUT2D eigenvalue weighted by molar-refractivity contribution is 5.12. The van der Waals surface area contributed by atoms with Crippen LogP contribution in [-0.2, 0) is 6.42 Å². The third-order valence-corrected chi connectivity index (χ3v) is 1.47. The van der Waals surface area contributed by atoms with Gasteiger partial charge in [-0.1, -0.05) is 12.6 Å². The summed E-state index contributed by atoms with van der Waals surface area (Å²) in [5.74, 6) is 0. The van der Waals surface area contributed by atoms with Crippen LogP contribution in [0.15, 0.2) is 42.3 Å². The van der Waals surface area contributed by atoms with E-state index in [0.717, 1.165) is 17.7 Å². The second-order valence-corrected chi connectivity index (χ2v) is 2.45. The molecule has 0 unspecified atom stereocenters. The van der Waals surface area contributed by atoms with E-state index in [1.807, 2.05) is 25.1 Å². The minimum Gasteiger partial charge on any atom is -0.261 e. The second-order valence-electron chi connectivity index (χ2n) is 2.45. The molecule has 0 aliphatic carbocycles. The fourth-order valence-corrected chi connectivity index (χ4v) is 0.837. The van der Waals surface area contributed by atoms with E-state index in [2.05, 4.69) is 17.3 Å². The van der Waals surface area contributed by atoms with Gasteiger partial charge in [-0.2, -0.15) is 0 Å². The van der Waals surface area contributed by atoms with Gasteiger partial charge in [-0.3, -0.25) is 4.98 Å². The SMILES string of the molecule is C=C=C(C)Cc1ccccn1. The molecule has 1 aromatic rings. The van der Waals surface area contributed by atoms with Gasteiger partial charge in [0.2, 0.25) is 0 Å². The molecule has 1 heterocycles. The zero-order valence-electron chi connectivity index (χ0n) is 6.67. The number of hydrogen-bond acceptors (Lipinski definition) is 1. The predicted octanol–water partition coefficient (Wildman–Crippen LogP) is 2.36. The maximum atomic E-state index is 4.18. The summed E-state index contributed by atoms with van der Waals surface area (Å²) in [5, 5.41) is 0. The average Bonchev–Trinajstić information content (AvgIpc) is 2.06. The van der Waals surface area contributed by atoms with Gasteiger partial charge in [-0.25, -0.2) is 0 Å². The first-order valence-corrected chi connectivity index (χ1v) is 3.58. The molecule has 0 amide bonds. The van der Waals surface area contributed by atoms with Crippen molar-refractivity contribution in [2.45, 2.75) is 13.3 Å². The Labute approximate surface area is 67.1 Å². The van der Waals surface area contributed by atoms with Crippen LogP contribution in [0.2, 0.25) is 0 Å². The van der Waals surface area contributed by atoms with Crippen molar-refractivity contribution in [2.75, 3.05) is 0 Å². The van der Waals surface area contributed by atoms with Crippen LogP contribution in [0.1, 0.15) is 12.6 Å². The quantitative estimate of drug-likeness (QED) is 0.582. The van der Waals surface area contributed by atoms with Gasteiger partial charge in [0.25, 0.3) is 0 Å². The first kappa shape index (κ1) is 7.77. The summed E-state index contributed by atoms with van der Waals surface area (Å²) in [4.78, 5) is 4.18. The Bertz CT molecular complexity index is 268. The Hall–Kier alpha value is -1.33. The molecule has 1 rings (SSSR count). The van der Waals surface area contributed by atoms with E-state index in [1.165, 1.54) is 0 Å². The van der Waals surface area contributed by atoms with Gasteiger partial charge in [-0.15, -0.1) is 5.73 Å². The molecule has 0 atom stereocenters. The highest BCUT2D eigenvalue weighted by Gasteiger charge is 1.91. The molecule has 11 heavy (non-hydrogen) atoms. The highest BCUT2D eigenvalue weighted by atomic mass is 14.7. The number of nitrogens with zero attached hydrogens (tertiary/aromatic N) is 1. The summed E-state index contributed by atoms with van der Waals surface area (Å²) >= 11 is 0. The van der Waals surface area contributed by atoms with Crippen LogP contribution in [0.4, 0.5) is 0 Å². The van der Waals surface area contributed by atoms with Crippen molar-refractivity contribution >= 4 is 0 Å². The number of rotatable bonds is 2. The van der Waals surface area contributed by atoms with E-state index in [4.69, 9.17) is 0 Å². The minimum absolute atomic E-state index is 0.852. The van der Waals surface area contributed by atoms with Crippen LogP contribution in [0.5, 0.6) is 0 Å². The van der Waals surface area contributed by atoms with Gasteiger partial charge in [-0.05, 0) is 24.6 Å². The fraction of sp³-hybridized carbons (Fsp3) is 0.200. The van der Waals surface area contributed by atoms with Gasteiger partial charge in [0.15, 0.2) is 0 Å². The smallest absolute Gasteiger partial charge is 0.0450 e. The Kier molecular flexibility index (Phi) is 2.65. The molecular weight excluding hydrogens is 134 g/mol. The number of pyridine rings is 1. The lowest BCUT2D eigenvalue weighted by Crippen LogP contribution is -1.88. The summed E-state index contributed by atoms with van der Waals surface area (Å²) in [5.41, 5.74) is 5.04. The number of aromatic nitrogens is 1. The first-order chi connectivity index (χ1) is 5.33. The van der Waals surface area contributed by atoms with Crippen molar-refractivity contribution < 1.29 is 0 Å². The maximum Gasteiger partial charge on any atom is 0.0450 e. The summed E-state index contributed by atoms with van der Waals surface area (Å²) in [7, 11) is 0. The van der Waals surface area contributed by atoms with E-state index in [0.29, 0.717) is 0 Å². The summed E-state index contributed by atoms with van der Waals surface area (Å²) in [6.45, 7) is 5.57. The minimum atomic E-state index is 0.852. The Morgan fingerprint density at radius 2 is 2.45 bits per heavy atom. The van der Waals surface area contributed by atoms with E-state index in [1.54, 1.807) is 6.20 Å². The van der Waals surface area contributed by atoms with E-state index >= 15 is 0 Å². The molecule has 1 nitrogen and oxygen atoms in total. The van der Waals surface area contributed by atoms with Crippen molar-refractivity contribution in [3.8, 4) is 0 Å². The third kappa shape index (κ3) is 2.40. The number of hydrogen-bond donors (Lipinski definition) is 0. The van der Waals surface area contributed by atoms with Crippen LogP contribution in [0.3, 0.4) is 0 Å². The van der Waals surface area contributed by atoms with Crippen molar-refractivity contribution in [3.05, 3.63) is 48.0 Å². The number of allylic oxidation sites excluding steroid dienone is 1. The zero-order valence-corrected chi connectivity index (χ0v) is 6.67. The van der Waals surface area contributed by atoms with Crippen LogP contribution < -0.4 is 0 Å². The molecule has 0 aromatic carbocycles. The molecule has 0 aliphatic heterocycles. The second kappa shape index (κ2) is 3.75. The van der Waals surface area contributed by atoms with Crippen molar-refractivity contribution in [3.63, 3.8) is 0 Å². The summed E-state index contributed by atoms with van der Waals surface area (Å²) in [6.07, 6.45) is 2.65. The van der Waals surface area contributed by atoms with Crippen molar-refractivity contribution in [1.82, 2.24) is 4.98 Å². The van der Waals surface area contributed by atoms with Crippen LogP contribution >= 0.6 is 0 Å². The van der Waals surface area contributed by atoms with Crippen LogP contribution in [0, 0.1) is 0 Å². The molecule has 0 aliphatic rings. The van der Waals surface area contributed by atoms with Crippen molar-refractivity contribution in [1.29, 1.82) is 0 Å². The summed E-state index contributed by atoms with van der Waals surface area (Å²) in [6, 6.07) is 5.90. The zero-order chi connectivity index (χ0) is 8.10. The molecule has 0 bridgehead atoms. The predicted molar refractivity (Wildman–Crippen MR) is 46.3 cm³/mol. The van der Waals surface area contributed by atoms with Gasteiger partial charge in [0.05, 0.1) is 0 Å². The van der Waals surface area contributed by atoms with E-state index in [9.17, 15) is 0 Å². The molecule has 1 heteroatoms. The Balaban J connectivity index is 2.73. The molecule has 0 saturated heterocycles. The largest absolute Gasteiger partial charge is 0.261 e. The molecule has 0 radical (unpaired) electrons. The molecule has 0 spiro atoms. The molecule has 0 N–H and O–H groups in total. The van der Waals surface area contributed by atoms with Gasteiger partial charge >= 0.3 is 0 Å². The van der Waals surface area contributed by atoms with Crippen LogP contribution in [0.25, 0.3) is 0 Å². The van der Waals surface area contributed by atoms with Gasteiger partial charge in [0, 0.05) is 18.3 Å². The lowest BCUT2D eigenvalue weighted by Gasteiger charge is -1.96. The Morgan fingerprint density at radius 1 is 1.64 bits per heavy atom. The van der Waals surface area contributed by atoms with Crippen molar-refractivity contribution in [2.24, 2.45) is 0 Å².